The molecule has 0 saturated carbocycles. The zero-order valence-corrected chi connectivity index (χ0v) is 12.8. The van der Waals surface area contributed by atoms with Gasteiger partial charge in [-0.2, -0.15) is 0 Å². The molecular weight excluding hydrogens is 260 g/mol. The van der Waals surface area contributed by atoms with E-state index in [1.807, 2.05) is 6.92 Å². The summed E-state index contributed by atoms with van der Waals surface area (Å²) in [7, 11) is 0. The maximum absolute atomic E-state index is 9.60. The van der Waals surface area contributed by atoms with Gasteiger partial charge in [0, 0.05) is 18.8 Å². The van der Waals surface area contributed by atoms with E-state index >= 15 is 0 Å². The summed E-state index contributed by atoms with van der Waals surface area (Å²) in [5.74, 6) is -0.935. The SMILES string of the molecule is C=C(C)C(=O)O.CCOC(O)CCCCCCCCO. The summed E-state index contributed by atoms with van der Waals surface area (Å²) in [6, 6.07) is 0. The molecule has 0 aliphatic heterocycles. The number of aliphatic carboxylic acids is 1. The van der Waals surface area contributed by atoms with E-state index in [-0.39, 0.29) is 5.57 Å². The molecule has 0 aromatic rings. The van der Waals surface area contributed by atoms with Gasteiger partial charge in [0.25, 0.3) is 0 Å². The summed E-state index contributed by atoms with van der Waals surface area (Å²) < 4.78 is 5.01. The Balaban J connectivity index is 0. The van der Waals surface area contributed by atoms with Crippen molar-refractivity contribution in [1.29, 1.82) is 0 Å². The molecule has 0 aromatic carbocycles. The van der Waals surface area contributed by atoms with Crippen molar-refractivity contribution < 1.29 is 24.9 Å². The van der Waals surface area contributed by atoms with Crippen LogP contribution in [0.4, 0.5) is 0 Å². The standard InChI is InChI=1S/C11H24O3.C4H6O2/c1-2-14-11(13)9-7-5-3-4-6-8-10-12;1-3(2)4(5)6/h11-13H,2-10H2,1H3;1H2,2H3,(H,5,6). The number of aliphatic hydroxyl groups excluding tert-OH is 2. The Morgan fingerprint density at radius 1 is 1.15 bits per heavy atom. The van der Waals surface area contributed by atoms with Crippen LogP contribution in [0.25, 0.3) is 0 Å². The number of aliphatic hydroxyl groups is 2. The van der Waals surface area contributed by atoms with E-state index in [4.69, 9.17) is 14.9 Å². The molecule has 0 amide bonds. The van der Waals surface area contributed by atoms with Crippen molar-refractivity contribution in [3.05, 3.63) is 12.2 Å². The third-order valence-electron chi connectivity index (χ3n) is 2.58. The van der Waals surface area contributed by atoms with Crippen LogP contribution in [-0.4, -0.2) is 40.8 Å². The lowest BCUT2D eigenvalue weighted by Crippen LogP contribution is -2.10. The smallest absolute Gasteiger partial charge is 0.330 e. The fourth-order valence-electron chi connectivity index (χ4n) is 1.41. The number of carboxylic acids is 1. The molecule has 1 unspecified atom stereocenters. The van der Waals surface area contributed by atoms with Crippen LogP contribution >= 0.6 is 0 Å². The number of carbonyl (C=O) groups is 1. The summed E-state index contributed by atoms with van der Waals surface area (Å²) in [4.78, 5) is 9.60. The molecule has 3 N–H and O–H groups in total. The maximum Gasteiger partial charge on any atom is 0.330 e. The van der Waals surface area contributed by atoms with Gasteiger partial charge in [-0.15, -0.1) is 0 Å². The second kappa shape index (κ2) is 16.1. The predicted molar refractivity (Wildman–Crippen MR) is 79.5 cm³/mol. The molecule has 0 saturated heterocycles. The third kappa shape index (κ3) is 19.4. The number of hydrogen-bond acceptors (Lipinski definition) is 4. The largest absolute Gasteiger partial charge is 0.478 e. The number of ether oxygens (including phenoxy) is 1. The van der Waals surface area contributed by atoms with Gasteiger partial charge in [0.05, 0.1) is 0 Å². The quantitative estimate of drug-likeness (QED) is 0.309. The van der Waals surface area contributed by atoms with Crippen LogP contribution in [0.1, 0.15) is 58.8 Å². The van der Waals surface area contributed by atoms with Crippen molar-refractivity contribution in [2.45, 2.75) is 65.1 Å². The Morgan fingerprint density at radius 2 is 1.60 bits per heavy atom. The topological polar surface area (TPSA) is 87.0 Å². The first-order valence-corrected chi connectivity index (χ1v) is 7.25. The second-order valence-electron chi connectivity index (χ2n) is 4.63. The third-order valence-corrected chi connectivity index (χ3v) is 2.58. The Labute approximate surface area is 122 Å². The fourth-order valence-corrected chi connectivity index (χ4v) is 1.41. The van der Waals surface area contributed by atoms with Crippen LogP contribution < -0.4 is 0 Å². The summed E-state index contributed by atoms with van der Waals surface area (Å²) in [6.07, 6.45) is 6.76. The minimum atomic E-state index is -0.935. The van der Waals surface area contributed by atoms with Crippen molar-refractivity contribution >= 4 is 5.97 Å². The highest BCUT2D eigenvalue weighted by molar-refractivity contribution is 5.84. The highest BCUT2D eigenvalue weighted by Gasteiger charge is 2.01. The van der Waals surface area contributed by atoms with Crippen LogP contribution in [-0.2, 0) is 9.53 Å². The van der Waals surface area contributed by atoms with Crippen molar-refractivity contribution in [1.82, 2.24) is 0 Å². The minimum absolute atomic E-state index is 0.176. The molecular formula is C15H30O5. The zero-order valence-electron chi connectivity index (χ0n) is 12.8. The molecule has 0 fully saturated rings. The Morgan fingerprint density at radius 3 is 2.00 bits per heavy atom. The average Bonchev–Trinajstić information content (AvgIpc) is 2.38. The van der Waals surface area contributed by atoms with Crippen molar-refractivity contribution in [3.8, 4) is 0 Å². The first-order valence-electron chi connectivity index (χ1n) is 7.25. The summed E-state index contributed by atoms with van der Waals surface area (Å²) >= 11 is 0. The van der Waals surface area contributed by atoms with Gasteiger partial charge >= 0.3 is 5.97 Å². The first-order chi connectivity index (χ1) is 9.45. The normalized spacial score (nSPS) is 11.4. The molecule has 0 aliphatic rings. The Kier molecular flexibility index (Phi) is 17.3. The van der Waals surface area contributed by atoms with E-state index in [1.165, 1.54) is 19.8 Å². The lowest BCUT2D eigenvalue weighted by molar-refractivity contribution is -0.132. The van der Waals surface area contributed by atoms with Crippen molar-refractivity contribution in [2.24, 2.45) is 0 Å². The van der Waals surface area contributed by atoms with Crippen molar-refractivity contribution in [3.63, 3.8) is 0 Å². The predicted octanol–water partition coefficient (Wildman–Crippen LogP) is 2.71. The average molecular weight is 290 g/mol. The minimum Gasteiger partial charge on any atom is -0.478 e. The second-order valence-corrected chi connectivity index (χ2v) is 4.63. The van der Waals surface area contributed by atoms with Crippen LogP contribution in [0.5, 0.6) is 0 Å². The van der Waals surface area contributed by atoms with E-state index in [1.54, 1.807) is 0 Å². The molecule has 0 radical (unpaired) electrons. The fraction of sp³-hybridized carbons (Fsp3) is 0.800. The molecule has 20 heavy (non-hydrogen) atoms. The molecule has 0 rings (SSSR count). The molecule has 5 heteroatoms. The van der Waals surface area contributed by atoms with Gasteiger partial charge in [-0.25, -0.2) is 4.79 Å². The number of unbranched alkanes of at least 4 members (excludes halogenated alkanes) is 5. The van der Waals surface area contributed by atoms with E-state index in [9.17, 15) is 9.90 Å². The van der Waals surface area contributed by atoms with Crippen LogP contribution in [0.3, 0.4) is 0 Å². The maximum atomic E-state index is 9.60. The summed E-state index contributed by atoms with van der Waals surface area (Å²) in [6.45, 7) is 7.38. The van der Waals surface area contributed by atoms with Gasteiger partial charge in [-0.1, -0.05) is 32.3 Å². The van der Waals surface area contributed by atoms with Gasteiger partial charge in [0.2, 0.25) is 0 Å². The van der Waals surface area contributed by atoms with Gasteiger partial charge in [0.1, 0.15) is 0 Å². The molecule has 1 atom stereocenters. The highest BCUT2D eigenvalue weighted by atomic mass is 16.6. The number of hydrogen-bond donors (Lipinski definition) is 3. The van der Waals surface area contributed by atoms with Gasteiger partial charge in [-0.05, 0) is 33.1 Å². The lowest BCUT2D eigenvalue weighted by atomic mass is 10.1. The van der Waals surface area contributed by atoms with E-state index in [0.717, 1.165) is 32.1 Å². The van der Waals surface area contributed by atoms with Gasteiger partial charge < -0.3 is 20.1 Å². The van der Waals surface area contributed by atoms with Crippen molar-refractivity contribution in [2.75, 3.05) is 13.2 Å². The van der Waals surface area contributed by atoms with Crippen LogP contribution in [0.15, 0.2) is 12.2 Å². The van der Waals surface area contributed by atoms with Gasteiger partial charge in [-0.3, -0.25) is 0 Å². The van der Waals surface area contributed by atoms with Crippen LogP contribution in [0.2, 0.25) is 0 Å². The molecule has 120 valence electrons. The van der Waals surface area contributed by atoms with E-state index in [2.05, 4.69) is 6.58 Å². The highest BCUT2D eigenvalue weighted by Crippen LogP contribution is 2.08. The molecule has 0 bridgehead atoms. The summed E-state index contributed by atoms with van der Waals surface area (Å²) in [5, 5.41) is 25.7. The zero-order chi connectivity index (χ0) is 15.8. The molecule has 0 heterocycles. The van der Waals surface area contributed by atoms with E-state index < -0.39 is 12.3 Å². The molecule has 0 aromatic heterocycles. The van der Waals surface area contributed by atoms with E-state index in [0.29, 0.717) is 13.2 Å². The lowest BCUT2D eigenvalue weighted by Gasteiger charge is -2.09. The molecule has 0 spiro atoms. The Bertz CT molecular complexity index is 228. The number of carboxylic acid groups (broad SMARTS) is 1. The monoisotopic (exact) mass is 290 g/mol. The molecule has 0 aliphatic carbocycles. The van der Waals surface area contributed by atoms with Gasteiger partial charge in [0.15, 0.2) is 6.29 Å². The van der Waals surface area contributed by atoms with Crippen LogP contribution in [0, 0.1) is 0 Å². The summed E-state index contributed by atoms with van der Waals surface area (Å²) in [5.41, 5.74) is 0.176. The molecule has 5 nitrogen and oxygen atoms in total. The first kappa shape index (κ1) is 21.4. The number of rotatable bonds is 11. The Hall–Kier alpha value is -0.910.